The summed E-state index contributed by atoms with van der Waals surface area (Å²) in [5, 5.41) is 12.3. The van der Waals surface area contributed by atoms with Crippen molar-refractivity contribution in [3.63, 3.8) is 0 Å². The molecule has 102 valence electrons. The second-order valence-electron chi connectivity index (χ2n) is 4.83. The molecular formula is C14H18N2O3. The summed E-state index contributed by atoms with van der Waals surface area (Å²) in [6.45, 7) is 1.97. The topological polar surface area (TPSA) is 84.9 Å². The van der Waals surface area contributed by atoms with E-state index >= 15 is 0 Å². The van der Waals surface area contributed by atoms with Gasteiger partial charge in [-0.25, -0.2) is 0 Å². The summed E-state index contributed by atoms with van der Waals surface area (Å²) in [5.41, 5.74) is 7.96. The molecule has 0 radical (unpaired) electrons. The monoisotopic (exact) mass is 262 g/mol. The van der Waals surface area contributed by atoms with Crippen molar-refractivity contribution in [1.29, 1.82) is 0 Å². The van der Waals surface area contributed by atoms with Crippen molar-refractivity contribution in [2.75, 3.05) is 6.61 Å². The maximum atomic E-state index is 10.9. The van der Waals surface area contributed by atoms with Crippen molar-refractivity contribution in [2.45, 2.75) is 26.2 Å². The number of carbonyl (C=O) groups excluding carboxylic acids is 1. The van der Waals surface area contributed by atoms with E-state index in [9.17, 15) is 4.79 Å². The van der Waals surface area contributed by atoms with Gasteiger partial charge in [-0.1, -0.05) is 18.1 Å². The molecule has 0 heterocycles. The first-order valence-electron chi connectivity index (χ1n) is 6.38. The Hall–Kier alpha value is -2.04. The molecule has 1 aliphatic rings. The van der Waals surface area contributed by atoms with Gasteiger partial charge in [0.25, 0.3) is 0 Å². The fourth-order valence-corrected chi connectivity index (χ4v) is 2.12. The van der Waals surface area contributed by atoms with Crippen molar-refractivity contribution < 1.29 is 14.7 Å². The van der Waals surface area contributed by atoms with E-state index in [-0.39, 0.29) is 18.4 Å². The molecule has 1 aliphatic carbocycles. The Morgan fingerprint density at radius 2 is 2.32 bits per heavy atom. The van der Waals surface area contributed by atoms with Gasteiger partial charge in [0.1, 0.15) is 5.75 Å². The van der Waals surface area contributed by atoms with Crippen LogP contribution in [0.3, 0.4) is 0 Å². The van der Waals surface area contributed by atoms with Crippen LogP contribution in [0.1, 0.15) is 30.9 Å². The lowest BCUT2D eigenvalue weighted by Crippen LogP contribution is -2.25. The van der Waals surface area contributed by atoms with Crippen LogP contribution in [0.5, 0.6) is 5.75 Å². The number of fused-ring (bicyclic) bond motifs is 1. The summed E-state index contributed by atoms with van der Waals surface area (Å²) >= 11 is 0. The molecule has 3 N–H and O–H groups in total. The number of oxime groups is 1. The van der Waals surface area contributed by atoms with E-state index in [1.165, 1.54) is 0 Å². The minimum Gasteiger partial charge on any atom is -0.493 e. The molecule has 1 amide bonds. The van der Waals surface area contributed by atoms with Gasteiger partial charge in [0, 0.05) is 5.56 Å². The third-order valence-electron chi connectivity index (χ3n) is 3.36. The number of nitrogens with zero attached hydrogens (tertiary/aromatic N) is 1. The number of ether oxygens (including phenoxy) is 1. The molecule has 1 aromatic rings. The predicted octanol–water partition coefficient (Wildman–Crippen LogP) is 1.70. The number of benzene rings is 1. The van der Waals surface area contributed by atoms with Crippen LogP contribution in [0.15, 0.2) is 23.4 Å². The smallest absolute Gasteiger partial charge is 0.223 e. The predicted molar refractivity (Wildman–Crippen MR) is 71.6 cm³/mol. The summed E-state index contributed by atoms with van der Waals surface area (Å²) < 4.78 is 5.55. The number of aryl methyl sites for hydroxylation is 1. The quantitative estimate of drug-likeness (QED) is 0.639. The van der Waals surface area contributed by atoms with Gasteiger partial charge in [-0.3, -0.25) is 4.79 Å². The number of hydrogen-bond donors (Lipinski definition) is 2. The number of carbonyl (C=O) groups is 1. The van der Waals surface area contributed by atoms with Crippen LogP contribution in [-0.4, -0.2) is 23.4 Å². The number of rotatable bonds is 4. The summed E-state index contributed by atoms with van der Waals surface area (Å²) in [6, 6.07) is 5.70. The van der Waals surface area contributed by atoms with Gasteiger partial charge in [-0.15, -0.1) is 0 Å². The van der Waals surface area contributed by atoms with Crippen molar-refractivity contribution in [1.82, 2.24) is 0 Å². The van der Waals surface area contributed by atoms with Crippen LogP contribution in [0.25, 0.3) is 0 Å². The molecule has 0 aromatic heterocycles. The van der Waals surface area contributed by atoms with Crippen LogP contribution >= 0.6 is 0 Å². The minimum atomic E-state index is -0.379. The van der Waals surface area contributed by atoms with Crippen molar-refractivity contribution >= 4 is 11.6 Å². The second kappa shape index (κ2) is 5.73. The first-order chi connectivity index (χ1) is 9.11. The van der Waals surface area contributed by atoms with Crippen LogP contribution in [-0.2, 0) is 11.2 Å². The van der Waals surface area contributed by atoms with E-state index in [2.05, 4.69) is 5.16 Å². The van der Waals surface area contributed by atoms with E-state index < -0.39 is 0 Å². The number of primary amides is 1. The van der Waals surface area contributed by atoms with Crippen LogP contribution in [0.2, 0.25) is 0 Å². The Bertz CT molecular complexity index is 511. The first kappa shape index (κ1) is 13.4. The summed E-state index contributed by atoms with van der Waals surface area (Å²) in [5.74, 6) is -0.0486. The van der Waals surface area contributed by atoms with E-state index in [0.717, 1.165) is 30.4 Å². The molecule has 0 fully saturated rings. The average Bonchev–Trinajstić information content (AvgIpc) is 2.43. The molecule has 19 heavy (non-hydrogen) atoms. The Morgan fingerprint density at radius 1 is 1.53 bits per heavy atom. The van der Waals surface area contributed by atoms with Gasteiger partial charge < -0.3 is 15.7 Å². The minimum absolute atomic E-state index is 0.250. The molecule has 0 bridgehead atoms. The largest absolute Gasteiger partial charge is 0.493 e. The molecule has 1 atom stereocenters. The van der Waals surface area contributed by atoms with Crippen LogP contribution in [0, 0.1) is 5.92 Å². The summed E-state index contributed by atoms with van der Waals surface area (Å²) in [7, 11) is 0. The first-order valence-corrected chi connectivity index (χ1v) is 6.38. The maximum Gasteiger partial charge on any atom is 0.223 e. The highest BCUT2D eigenvalue weighted by Gasteiger charge is 2.17. The zero-order valence-electron chi connectivity index (χ0n) is 10.9. The van der Waals surface area contributed by atoms with Crippen molar-refractivity contribution in [2.24, 2.45) is 16.8 Å². The van der Waals surface area contributed by atoms with Gasteiger partial charge in [0.15, 0.2) is 0 Å². The van der Waals surface area contributed by atoms with Gasteiger partial charge in [0.05, 0.1) is 18.2 Å². The van der Waals surface area contributed by atoms with Gasteiger partial charge in [-0.2, -0.15) is 0 Å². The molecule has 0 saturated heterocycles. The summed E-state index contributed by atoms with van der Waals surface area (Å²) in [6.07, 6.45) is 2.74. The van der Waals surface area contributed by atoms with Crippen molar-refractivity contribution in [3.8, 4) is 5.75 Å². The Labute approximate surface area is 112 Å². The highest BCUT2D eigenvalue weighted by molar-refractivity contribution is 6.02. The Balaban J connectivity index is 2.14. The molecule has 5 heteroatoms. The third kappa shape index (κ3) is 3.05. The Morgan fingerprint density at radius 3 is 3.00 bits per heavy atom. The lowest BCUT2D eigenvalue weighted by atomic mass is 9.90. The number of nitrogens with two attached hydrogens (primary N) is 1. The molecule has 5 nitrogen and oxygen atoms in total. The molecule has 1 unspecified atom stereocenters. The lowest BCUT2D eigenvalue weighted by Gasteiger charge is -2.18. The van der Waals surface area contributed by atoms with E-state index in [1.54, 1.807) is 6.92 Å². The van der Waals surface area contributed by atoms with Crippen LogP contribution in [0.4, 0.5) is 0 Å². The molecule has 0 spiro atoms. The summed E-state index contributed by atoms with van der Waals surface area (Å²) in [4.78, 5) is 10.9. The fourth-order valence-electron chi connectivity index (χ4n) is 2.12. The van der Waals surface area contributed by atoms with E-state index in [0.29, 0.717) is 11.5 Å². The maximum absolute atomic E-state index is 10.9. The highest BCUT2D eigenvalue weighted by atomic mass is 16.5. The van der Waals surface area contributed by atoms with Gasteiger partial charge >= 0.3 is 0 Å². The fraction of sp³-hybridized carbons (Fsp3) is 0.429. The van der Waals surface area contributed by atoms with E-state index in [4.69, 9.17) is 15.7 Å². The number of amides is 1. The highest BCUT2D eigenvalue weighted by Crippen LogP contribution is 2.26. The zero-order chi connectivity index (χ0) is 13.8. The SMILES string of the molecule is CC(COc1ccc2c(c1)/C(=N\O)CCC2)C(N)=O. The van der Waals surface area contributed by atoms with Crippen molar-refractivity contribution in [3.05, 3.63) is 29.3 Å². The molecule has 1 aromatic carbocycles. The molecule has 0 saturated carbocycles. The Kier molecular flexibility index (Phi) is 4.04. The zero-order valence-corrected chi connectivity index (χ0v) is 10.9. The second-order valence-corrected chi connectivity index (χ2v) is 4.83. The average molecular weight is 262 g/mol. The van der Waals surface area contributed by atoms with Gasteiger partial charge in [-0.05, 0) is 37.0 Å². The van der Waals surface area contributed by atoms with E-state index in [1.807, 2.05) is 18.2 Å². The molecule has 0 aliphatic heterocycles. The normalized spacial score (nSPS) is 17.8. The van der Waals surface area contributed by atoms with Crippen LogP contribution < -0.4 is 10.5 Å². The van der Waals surface area contributed by atoms with Gasteiger partial charge in [0.2, 0.25) is 5.91 Å². The lowest BCUT2D eigenvalue weighted by molar-refractivity contribution is -0.122. The standard InChI is InChI=1S/C14H18N2O3/c1-9(14(15)17)8-19-11-6-5-10-3-2-4-13(16-18)12(10)7-11/h5-7,9,18H,2-4,8H2,1H3,(H2,15,17)/b16-13-. The molecular weight excluding hydrogens is 244 g/mol. The third-order valence-corrected chi connectivity index (χ3v) is 3.36. The number of hydrogen-bond acceptors (Lipinski definition) is 4. The molecule has 2 rings (SSSR count).